The number of carbonyl (C=O) groups excluding carboxylic acids is 1. The Morgan fingerprint density at radius 2 is 2.19 bits per heavy atom. The van der Waals surface area contributed by atoms with Crippen molar-refractivity contribution in [1.82, 2.24) is 14.7 Å². The molecule has 1 fully saturated rings. The quantitative estimate of drug-likeness (QED) is 0.890. The van der Waals surface area contributed by atoms with Gasteiger partial charge in [-0.25, -0.2) is 0 Å². The molecule has 116 valence electrons. The summed E-state index contributed by atoms with van der Waals surface area (Å²) in [6.07, 6.45) is -0.556. The number of ether oxygens (including phenoxy) is 1. The van der Waals surface area contributed by atoms with Crippen LogP contribution in [-0.2, 0) is 20.9 Å². The van der Waals surface area contributed by atoms with E-state index in [1.165, 1.54) is 0 Å². The third-order valence-electron chi connectivity index (χ3n) is 3.47. The summed E-state index contributed by atoms with van der Waals surface area (Å²) in [4.78, 5) is 24.6. The van der Waals surface area contributed by atoms with Gasteiger partial charge in [0.15, 0.2) is 0 Å². The number of amides is 1. The first kappa shape index (κ1) is 15.8. The molecule has 2 rings (SSSR count). The van der Waals surface area contributed by atoms with Crippen LogP contribution in [0.3, 0.4) is 0 Å². The largest absolute Gasteiger partial charge is 0.481 e. The van der Waals surface area contributed by atoms with Crippen molar-refractivity contribution in [3.8, 4) is 0 Å². The maximum atomic E-state index is 12.3. The van der Waals surface area contributed by atoms with Crippen LogP contribution in [0.4, 0.5) is 0 Å². The molecular weight excluding hydrogens is 298 g/mol. The summed E-state index contributed by atoms with van der Waals surface area (Å²) in [6.45, 7) is 4.79. The van der Waals surface area contributed by atoms with Gasteiger partial charge < -0.3 is 14.7 Å². The van der Waals surface area contributed by atoms with Gasteiger partial charge in [0.05, 0.1) is 35.5 Å². The number of hydrogen-bond acceptors (Lipinski definition) is 4. The first-order chi connectivity index (χ1) is 9.88. The Balaban J connectivity index is 1.99. The number of carboxylic acid groups (broad SMARTS) is 1. The number of carboxylic acids is 1. The number of rotatable bonds is 4. The lowest BCUT2D eigenvalue weighted by atomic mass is 10.2. The van der Waals surface area contributed by atoms with Crippen LogP contribution in [0.25, 0.3) is 0 Å². The highest BCUT2D eigenvalue weighted by atomic mass is 35.5. The zero-order valence-electron chi connectivity index (χ0n) is 12.0. The van der Waals surface area contributed by atoms with E-state index in [-0.39, 0.29) is 25.4 Å². The maximum absolute atomic E-state index is 12.3. The Kier molecular flexibility index (Phi) is 4.84. The van der Waals surface area contributed by atoms with Gasteiger partial charge in [-0.1, -0.05) is 11.6 Å². The minimum absolute atomic E-state index is 0.0964. The van der Waals surface area contributed by atoms with Crippen LogP contribution in [0, 0.1) is 13.8 Å². The van der Waals surface area contributed by atoms with E-state index in [4.69, 9.17) is 21.4 Å². The molecule has 1 aromatic heterocycles. The van der Waals surface area contributed by atoms with Crippen molar-refractivity contribution in [2.24, 2.45) is 0 Å². The van der Waals surface area contributed by atoms with Crippen molar-refractivity contribution in [1.29, 1.82) is 0 Å². The van der Waals surface area contributed by atoms with Crippen molar-refractivity contribution < 1.29 is 19.4 Å². The zero-order chi connectivity index (χ0) is 15.6. The topological polar surface area (TPSA) is 84.7 Å². The van der Waals surface area contributed by atoms with Crippen LogP contribution in [0.5, 0.6) is 0 Å². The Hall–Kier alpha value is -1.60. The number of aromatic nitrogens is 2. The number of carbonyl (C=O) groups is 2. The van der Waals surface area contributed by atoms with Gasteiger partial charge in [0.1, 0.15) is 6.54 Å². The molecule has 0 aliphatic carbocycles. The fourth-order valence-electron chi connectivity index (χ4n) is 2.32. The van der Waals surface area contributed by atoms with Crippen LogP contribution in [0.1, 0.15) is 17.8 Å². The number of halogens is 1. The van der Waals surface area contributed by atoms with E-state index in [9.17, 15) is 9.59 Å². The van der Waals surface area contributed by atoms with Gasteiger partial charge in [-0.15, -0.1) is 0 Å². The molecule has 1 amide bonds. The molecule has 1 saturated heterocycles. The lowest BCUT2D eigenvalue weighted by molar-refractivity contribution is -0.148. The van der Waals surface area contributed by atoms with Crippen LogP contribution >= 0.6 is 11.6 Å². The average Bonchev–Trinajstić information content (AvgIpc) is 2.66. The van der Waals surface area contributed by atoms with E-state index >= 15 is 0 Å². The third-order valence-corrected chi connectivity index (χ3v) is 4.02. The standard InChI is InChI=1S/C13H18ClN3O4/c1-8-13(14)9(2)17(15-8)7-11(18)16-3-4-21-10(6-16)5-12(19)20/h10H,3-7H2,1-2H3,(H,19,20)/t10-/m0/s1. The maximum Gasteiger partial charge on any atom is 0.306 e. The summed E-state index contributed by atoms with van der Waals surface area (Å²) in [6, 6.07) is 0. The second-order valence-electron chi connectivity index (χ2n) is 5.07. The fraction of sp³-hybridized carbons (Fsp3) is 0.615. The van der Waals surface area contributed by atoms with Crippen molar-refractivity contribution in [3.63, 3.8) is 0 Å². The van der Waals surface area contributed by atoms with Crippen molar-refractivity contribution in [3.05, 3.63) is 16.4 Å². The predicted octanol–water partition coefficient (Wildman–Crippen LogP) is 0.855. The van der Waals surface area contributed by atoms with Crippen molar-refractivity contribution in [2.45, 2.75) is 32.9 Å². The van der Waals surface area contributed by atoms with Gasteiger partial charge in [0, 0.05) is 13.1 Å². The summed E-state index contributed by atoms with van der Waals surface area (Å²) in [5, 5.41) is 13.6. The van der Waals surface area contributed by atoms with Gasteiger partial charge >= 0.3 is 5.97 Å². The van der Waals surface area contributed by atoms with Crippen LogP contribution in [0.2, 0.25) is 5.02 Å². The second kappa shape index (κ2) is 6.44. The molecule has 0 radical (unpaired) electrons. The fourth-order valence-corrected chi connectivity index (χ4v) is 2.46. The highest BCUT2D eigenvalue weighted by Crippen LogP contribution is 2.19. The van der Waals surface area contributed by atoms with Crippen LogP contribution in [-0.4, -0.2) is 57.5 Å². The Bertz CT molecular complexity index is 558. The smallest absolute Gasteiger partial charge is 0.306 e. The van der Waals surface area contributed by atoms with Gasteiger partial charge in [-0.2, -0.15) is 5.10 Å². The lowest BCUT2D eigenvalue weighted by Gasteiger charge is -2.32. The minimum atomic E-state index is -0.931. The van der Waals surface area contributed by atoms with E-state index in [2.05, 4.69) is 5.10 Å². The van der Waals surface area contributed by atoms with Crippen LogP contribution < -0.4 is 0 Å². The second-order valence-corrected chi connectivity index (χ2v) is 5.45. The highest BCUT2D eigenvalue weighted by Gasteiger charge is 2.26. The van der Waals surface area contributed by atoms with E-state index in [0.717, 1.165) is 5.69 Å². The van der Waals surface area contributed by atoms with E-state index in [1.807, 2.05) is 6.92 Å². The molecule has 21 heavy (non-hydrogen) atoms. The molecule has 0 spiro atoms. The third kappa shape index (κ3) is 3.74. The molecule has 0 saturated carbocycles. The summed E-state index contributed by atoms with van der Waals surface area (Å²) in [5.41, 5.74) is 1.44. The van der Waals surface area contributed by atoms with E-state index in [0.29, 0.717) is 23.9 Å². The molecule has 0 bridgehead atoms. The van der Waals surface area contributed by atoms with E-state index < -0.39 is 12.1 Å². The van der Waals surface area contributed by atoms with E-state index in [1.54, 1.807) is 16.5 Å². The first-order valence-electron chi connectivity index (χ1n) is 6.69. The number of hydrogen-bond donors (Lipinski definition) is 1. The molecule has 1 aliphatic heterocycles. The molecule has 0 aromatic carbocycles. The highest BCUT2D eigenvalue weighted by molar-refractivity contribution is 6.31. The normalized spacial score (nSPS) is 18.8. The van der Waals surface area contributed by atoms with Crippen molar-refractivity contribution >= 4 is 23.5 Å². The van der Waals surface area contributed by atoms with Gasteiger partial charge in [0.2, 0.25) is 5.91 Å². The SMILES string of the molecule is Cc1nn(CC(=O)N2CCO[C@@H](CC(=O)O)C2)c(C)c1Cl. The monoisotopic (exact) mass is 315 g/mol. The molecule has 0 unspecified atom stereocenters. The average molecular weight is 316 g/mol. The van der Waals surface area contributed by atoms with Gasteiger partial charge in [-0.05, 0) is 13.8 Å². The predicted molar refractivity (Wildman–Crippen MR) is 75.3 cm³/mol. The van der Waals surface area contributed by atoms with Gasteiger partial charge in [-0.3, -0.25) is 14.3 Å². The number of aryl methyl sites for hydroxylation is 1. The molecule has 1 N–H and O–H groups in total. The number of nitrogens with zero attached hydrogens (tertiary/aromatic N) is 3. The summed E-state index contributed by atoms with van der Waals surface area (Å²) >= 11 is 6.05. The van der Waals surface area contributed by atoms with Gasteiger partial charge in [0.25, 0.3) is 0 Å². The molecule has 1 atom stereocenters. The molecule has 1 aliphatic rings. The molecule has 1 aromatic rings. The summed E-state index contributed by atoms with van der Waals surface area (Å²) in [5.74, 6) is -1.05. The minimum Gasteiger partial charge on any atom is -0.481 e. The zero-order valence-corrected chi connectivity index (χ0v) is 12.8. The molecule has 7 nitrogen and oxygen atoms in total. The van der Waals surface area contributed by atoms with Crippen LogP contribution in [0.15, 0.2) is 0 Å². The molecule has 2 heterocycles. The number of aliphatic carboxylic acids is 1. The molecular formula is C13H18ClN3O4. The summed E-state index contributed by atoms with van der Waals surface area (Å²) in [7, 11) is 0. The first-order valence-corrected chi connectivity index (χ1v) is 7.07. The lowest BCUT2D eigenvalue weighted by Crippen LogP contribution is -2.47. The Labute approximate surface area is 127 Å². The van der Waals surface area contributed by atoms with Crippen molar-refractivity contribution in [2.75, 3.05) is 19.7 Å². The Morgan fingerprint density at radius 3 is 2.76 bits per heavy atom. The number of morpholine rings is 1. The summed E-state index contributed by atoms with van der Waals surface area (Å²) < 4.78 is 6.92. The molecule has 8 heteroatoms. The Morgan fingerprint density at radius 1 is 1.48 bits per heavy atom.